The summed E-state index contributed by atoms with van der Waals surface area (Å²) in [4.78, 5) is 0. The van der Waals surface area contributed by atoms with Crippen molar-refractivity contribution in [3.63, 3.8) is 0 Å². The highest BCUT2D eigenvalue weighted by Crippen LogP contribution is 2.23. The Morgan fingerprint density at radius 1 is 1.56 bits per heavy atom. The van der Waals surface area contributed by atoms with Crippen LogP contribution >= 0.6 is 0 Å². The van der Waals surface area contributed by atoms with Gasteiger partial charge in [0.2, 0.25) is 0 Å². The molecule has 2 heterocycles. The van der Waals surface area contributed by atoms with Gasteiger partial charge in [-0.15, -0.1) is 0 Å². The van der Waals surface area contributed by atoms with Crippen LogP contribution < -0.4 is 16.6 Å². The van der Waals surface area contributed by atoms with E-state index in [9.17, 15) is 0 Å². The topological polar surface area (TPSA) is 67.9 Å². The average Bonchev–Trinajstić information content (AvgIpc) is 2.76. The van der Waals surface area contributed by atoms with Crippen LogP contribution in [-0.2, 0) is 0 Å². The van der Waals surface area contributed by atoms with Crippen LogP contribution in [0.25, 0.3) is 0 Å². The average molecular weight is 223 g/mol. The number of hydrogen-bond acceptors (Lipinski definition) is 4. The monoisotopic (exact) mass is 223 g/mol. The van der Waals surface area contributed by atoms with Crippen LogP contribution in [0.1, 0.15) is 44.5 Å². The molecular weight excluding hydrogens is 202 g/mol. The van der Waals surface area contributed by atoms with Crippen LogP contribution in [-0.4, -0.2) is 15.8 Å². The van der Waals surface area contributed by atoms with Crippen molar-refractivity contribution in [2.75, 3.05) is 5.43 Å². The van der Waals surface area contributed by atoms with E-state index in [0.29, 0.717) is 0 Å². The van der Waals surface area contributed by atoms with E-state index in [1.807, 2.05) is 17.7 Å². The van der Waals surface area contributed by atoms with E-state index >= 15 is 0 Å². The molecule has 5 heteroatoms. The lowest BCUT2D eigenvalue weighted by atomic mass is 10.1. The smallest absolute Gasteiger partial charge is 0.140 e. The summed E-state index contributed by atoms with van der Waals surface area (Å²) in [6.07, 6.45) is 4.78. The number of nitrogens with two attached hydrogens (primary N) is 1. The second-order valence-corrected chi connectivity index (χ2v) is 4.49. The lowest BCUT2D eigenvalue weighted by Gasteiger charge is -2.19. The first-order chi connectivity index (χ1) is 7.72. The normalized spacial score (nSPS) is 20.6. The van der Waals surface area contributed by atoms with Crippen molar-refractivity contribution in [3.05, 3.63) is 11.8 Å². The quantitative estimate of drug-likeness (QED) is 0.662. The third-order valence-corrected chi connectivity index (χ3v) is 3.02. The largest absolute Gasteiger partial charge is 0.325 e. The highest BCUT2D eigenvalue weighted by Gasteiger charge is 2.27. The second kappa shape index (κ2) is 4.84. The first-order valence-electron chi connectivity index (χ1n) is 6.05. The lowest BCUT2D eigenvalue weighted by Crippen LogP contribution is -2.39. The molecule has 2 unspecified atom stereocenters. The molecular formula is C11H21N5. The molecule has 90 valence electrons. The molecule has 0 saturated carbocycles. The number of hydrogen-bond donors (Lipinski definition) is 3. The molecule has 1 aromatic heterocycles. The van der Waals surface area contributed by atoms with Crippen molar-refractivity contribution in [2.45, 2.75) is 51.7 Å². The number of nitrogens with one attached hydrogen (secondary N) is 2. The zero-order valence-electron chi connectivity index (χ0n) is 10.0. The van der Waals surface area contributed by atoms with Gasteiger partial charge in [0.15, 0.2) is 0 Å². The molecule has 0 aliphatic carbocycles. The molecule has 1 aliphatic heterocycles. The summed E-state index contributed by atoms with van der Waals surface area (Å²) >= 11 is 0. The molecule has 1 aliphatic rings. The van der Waals surface area contributed by atoms with E-state index in [2.05, 4.69) is 22.9 Å². The molecule has 0 fully saturated rings. The summed E-state index contributed by atoms with van der Waals surface area (Å²) in [5.41, 5.74) is 13.5. The highest BCUT2D eigenvalue weighted by molar-refractivity contribution is 5.39. The van der Waals surface area contributed by atoms with Gasteiger partial charge in [-0.3, -0.25) is 0 Å². The van der Waals surface area contributed by atoms with E-state index < -0.39 is 0 Å². The van der Waals surface area contributed by atoms with Crippen LogP contribution in [0.3, 0.4) is 0 Å². The predicted octanol–water partition coefficient (Wildman–Crippen LogP) is 1.53. The Bertz CT molecular complexity index is 346. The SMILES string of the molecule is CCCCCC(N)C1NNc2cc(C)nn21. The van der Waals surface area contributed by atoms with E-state index in [1.165, 1.54) is 19.3 Å². The Labute approximate surface area is 96.4 Å². The number of nitrogens with zero attached hydrogens (tertiary/aromatic N) is 2. The minimum Gasteiger partial charge on any atom is -0.325 e. The molecule has 5 nitrogen and oxygen atoms in total. The van der Waals surface area contributed by atoms with E-state index in [-0.39, 0.29) is 12.2 Å². The van der Waals surface area contributed by atoms with Crippen LogP contribution in [0.5, 0.6) is 0 Å². The van der Waals surface area contributed by atoms with Gasteiger partial charge < -0.3 is 11.2 Å². The lowest BCUT2D eigenvalue weighted by molar-refractivity contribution is 0.342. The molecule has 4 N–H and O–H groups in total. The maximum Gasteiger partial charge on any atom is 0.140 e. The summed E-state index contributed by atoms with van der Waals surface area (Å²) < 4.78 is 1.95. The first kappa shape index (κ1) is 11.4. The number of aryl methyl sites for hydroxylation is 1. The summed E-state index contributed by atoms with van der Waals surface area (Å²) in [5.74, 6) is 1.01. The summed E-state index contributed by atoms with van der Waals surface area (Å²) in [5, 5.41) is 4.43. The molecule has 16 heavy (non-hydrogen) atoms. The van der Waals surface area contributed by atoms with E-state index in [4.69, 9.17) is 5.73 Å². The number of hydrazine groups is 1. The minimum absolute atomic E-state index is 0.0838. The molecule has 1 aromatic rings. The van der Waals surface area contributed by atoms with E-state index in [0.717, 1.165) is 17.9 Å². The first-order valence-corrected chi connectivity index (χ1v) is 6.05. The number of unbranched alkanes of at least 4 members (excludes halogenated alkanes) is 2. The molecule has 2 atom stereocenters. The van der Waals surface area contributed by atoms with Crippen LogP contribution in [0.2, 0.25) is 0 Å². The Balaban J connectivity index is 1.95. The Morgan fingerprint density at radius 2 is 2.38 bits per heavy atom. The standard InChI is InChI=1S/C11H21N5/c1-3-4-5-6-9(12)11-14-13-10-7-8(2)15-16(10)11/h7,9,11,13-14H,3-6,12H2,1-2H3. The van der Waals surface area contributed by atoms with Crippen LogP contribution in [0, 0.1) is 6.92 Å². The van der Waals surface area contributed by atoms with Crippen molar-refractivity contribution in [2.24, 2.45) is 5.73 Å². The Hall–Kier alpha value is -1.07. The fraction of sp³-hybridized carbons (Fsp3) is 0.727. The van der Waals surface area contributed by atoms with Crippen molar-refractivity contribution >= 4 is 5.82 Å². The molecule has 0 radical (unpaired) electrons. The van der Waals surface area contributed by atoms with Crippen molar-refractivity contribution in [1.82, 2.24) is 15.2 Å². The van der Waals surface area contributed by atoms with Crippen molar-refractivity contribution < 1.29 is 0 Å². The minimum atomic E-state index is 0.0838. The highest BCUT2D eigenvalue weighted by atomic mass is 15.6. The van der Waals surface area contributed by atoms with Gasteiger partial charge in [-0.1, -0.05) is 26.2 Å². The Morgan fingerprint density at radius 3 is 3.12 bits per heavy atom. The Kier molecular flexibility index (Phi) is 3.46. The van der Waals surface area contributed by atoms with Crippen LogP contribution in [0.4, 0.5) is 5.82 Å². The fourth-order valence-corrected chi connectivity index (χ4v) is 2.11. The van der Waals surface area contributed by atoms with Gasteiger partial charge in [-0.05, 0) is 13.3 Å². The fourth-order valence-electron chi connectivity index (χ4n) is 2.11. The third kappa shape index (κ3) is 2.20. The molecule has 0 saturated heterocycles. The zero-order valence-corrected chi connectivity index (χ0v) is 10.0. The molecule has 0 spiro atoms. The summed E-state index contributed by atoms with van der Waals surface area (Å²) in [7, 11) is 0. The van der Waals surface area contributed by atoms with Crippen molar-refractivity contribution in [3.8, 4) is 0 Å². The maximum atomic E-state index is 6.18. The van der Waals surface area contributed by atoms with Gasteiger partial charge >= 0.3 is 0 Å². The molecule has 2 rings (SSSR count). The maximum absolute atomic E-state index is 6.18. The molecule has 0 aromatic carbocycles. The van der Waals surface area contributed by atoms with Gasteiger partial charge in [0, 0.05) is 12.1 Å². The second-order valence-electron chi connectivity index (χ2n) is 4.49. The number of fused-ring (bicyclic) bond motifs is 1. The van der Waals surface area contributed by atoms with Crippen molar-refractivity contribution in [1.29, 1.82) is 0 Å². The zero-order chi connectivity index (χ0) is 11.5. The number of anilines is 1. The van der Waals surface area contributed by atoms with Gasteiger partial charge in [0.05, 0.1) is 5.69 Å². The van der Waals surface area contributed by atoms with Gasteiger partial charge in [0.1, 0.15) is 12.0 Å². The van der Waals surface area contributed by atoms with Gasteiger partial charge in [-0.25, -0.2) is 10.1 Å². The third-order valence-electron chi connectivity index (χ3n) is 3.02. The van der Waals surface area contributed by atoms with Gasteiger partial charge in [0.25, 0.3) is 0 Å². The van der Waals surface area contributed by atoms with E-state index in [1.54, 1.807) is 0 Å². The number of aromatic nitrogens is 2. The summed E-state index contributed by atoms with van der Waals surface area (Å²) in [6.45, 7) is 4.20. The molecule has 0 amide bonds. The predicted molar refractivity (Wildman–Crippen MR) is 64.9 cm³/mol. The van der Waals surface area contributed by atoms with Gasteiger partial charge in [-0.2, -0.15) is 5.10 Å². The summed E-state index contributed by atoms with van der Waals surface area (Å²) in [6, 6.07) is 2.13. The van der Waals surface area contributed by atoms with Crippen LogP contribution in [0.15, 0.2) is 6.07 Å². The molecule has 0 bridgehead atoms. The number of rotatable bonds is 5.